The number of hydrogen-bond donors (Lipinski definition) is 0. The van der Waals surface area contributed by atoms with E-state index < -0.39 is 5.56 Å². The minimum absolute atomic E-state index is 0.153. The highest BCUT2D eigenvalue weighted by Gasteiger charge is 2.14. The number of hydrogen-bond acceptors (Lipinski definition) is 9. The van der Waals surface area contributed by atoms with Crippen molar-refractivity contribution in [1.29, 1.82) is 0 Å². The van der Waals surface area contributed by atoms with Crippen molar-refractivity contribution >= 4 is 22.4 Å². The molecule has 0 aliphatic carbocycles. The third-order valence-electron chi connectivity index (χ3n) is 4.99. The molecule has 2 aromatic carbocycles. The third kappa shape index (κ3) is 4.37. The van der Waals surface area contributed by atoms with E-state index in [-0.39, 0.29) is 22.6 Å². The van der Waals surface area contributed by atoms with Gasteiger partial charge in [-0.05, 0) is 42.0 Å². The predicted molar refractivity (Wildman–Crippen MR) is 124 cm³/mol. The highest BCUT2D eigenvalue weighted by Crippen LogP contribution is 2.28. The summed E-state index contributed by atoms with van der Waals surface area (Å²) in [5.74, 6) is 2.32. The molecule has 0 atom stereocenters. The second-order valence-electron chi connectivity index (χ2n) is 6.95. The number of methoxy groups -OCH3 is 4. The fourth-order valence-electron chi connectivity index (χ4n) is 3.33. The summed E-state index contributed by atoms with van der Waals surface area (Å²) in [5.41, 5.74) is 0.723. The first-order valence-corrected chi connectivity index (χ1v) is 10.7. The van der Waals surface area contributed by atoms with Crippen LogP contribution in [0, 0.1) is 0 Å². The molecule has 0 radical (unpaired) electrons. The van der Waals surface area contributed by atoms with Gasteiger partial charge in [0, 0.05) is 12.0 Å². The Bertz CT molecular complexity index is 1490. The Labute approximate surface area is 192 Å². The lowest BCUT2D eigenvalue weighted by Gasteiger charge is -2.09. The Morgan fingerprint density at radius 3 is 2.33 bits per heavy atom. The Morgan fingerprint density at radius 2 is 1.64 bits per heavy atom. The standard InChI is InChI=1S/C23H21N3O6S/c1-29-15-6-8-17(30-2)14(11-15)12-20-22(28)26-23(33-20)24-21(27)16(25-26)9-13-5-7-18(31-3)19(10-13)32-4/h5-8,10-12H,9H2,1-4H3/b20-12+. The molecule has 2 heterocycles. The topological polar surface area (TPSA) is 101 Å². The second-order valence-corrected chi connectivity index (χ2v) is 7.96. The van der Waals surface area contributed by atoms with Crippen LogP contribution in [-0.4, -0.2) is 43.0 Å². The van der Waals surface area contributed by atoms with Gasteiger partial charge in [0.1, 0.15) is 17.2 Å². The van der Waals surface area contributed by atoms with Crippen molar-refractivity contribution in [3.63, 3.8) is 0 Å². The van der Waals surface area contributed by atoms with Gasteiger partial charge in [-0.1, -0.05) is 17.4 Å². The van der Waals surface area contributed by atoms with Crippen LogP contribution >= 0.6 is 11.3 Å². The number of rotatable bonds is 7. The molecule has 9 nitrogen and oxygen atoms in total. The van der Waals surface area contributed by atoms with Gasteiger partial charge in [0.05, 0.1) is 33.0 Å². The van der Waals surface area contributed by atoms with E-state index in [1.165, 1.54) is 7.11 Å². The summed E-state index contributed by atoms with van der Waals surface area (Å²) < 4.78 is 22.7. The smallest absolute Gasteiger partial charge is 0.296 e. The van der Waals surface area contributed by atoms with Crippen molar-refractivity contribution in [3.05, 3.63) is 78.5 Å². The van der Waals surface area contributed by atoms with Gasteiger partial charge in [-0.25, -0.2) is 0 Å². The van der Waals surface area contributed by atoms with E-state index in [2.05, 4.69) is 10.1 Å². The van der Waals surface area contributed by atoms with Gasteiger partial charge in [-0.3, -0.25) is 9.59 Å². The molecule has 0 aliphatic heterocycles. The number of benzene rings is 2. The summed E-state index contributed by atoms with van der Waals surface area (Å²) >= 11 is 1.08. The molecule has 0 aliphatic rings. The van der Waals surface area contributed by atoms with E-state index in [1.807, 2.05) is 0 Å². The summed E-state index contributed by atoms with van der Waals surface area (Å²) in [6.45, 7) is 0. The molecule has 10 heteroatoms. The zero-order valence-corrected chi connectivity index (χ0v) is 19.3. The lowest BCUT2D eigenvalue weighted by Crippen LogP contribution is -2.28. The molecule has 0 saturated heterocycles. The maximum atomic E-state index is 13.0. The van der Waals surface area contributed by atoms with Crippen molar-refractivity contribution in [2.45, 2.75) is 6.42 Å². The minimum Gasteiger partial charge on any atom is -0.497 e. The zero-order chi connectivity index (χ0) is 23.5. The van der Waals surface area contributed by atoms with E-state index >= 15 is 0 Å². The van der Waals surface area contributed by atoms with Gasteiger partial charge in [-0.15, -0.1) is 0 Å². The monoisotopic (exact) mass is 467 g/mol. The highest BCUT2D eigenvalue weighted by molar-refractivity contribution is 7.15. The number of fused-ring (bicyclic) bond motifs is 1. The summed E-state index contributed by atoms with van der Waals surface area (Å²) in [4.78, 5) is 29.9. The van der Waals surface area contributed by atoms with Crippen molar-refractivity contribution in [2.75, 3.05) is 28.4 Å². The highest BCUT2D eigenvalue weighted by atomic mass is 32.1. The molecule has 0 N–H and O–H groups in total. The molecule has 0 bridgehead atoms. The van der Waals surface area contributed by atoms with Gasteiger partial charge in [-0.2, -0.15) is 14.6 Å². The Kier molecular flexibility index (Phi) is 6.27. The molecular weight excluding hydrogens is 446 g/mol. The van der Waals surface area contributed by atoms with Crippen LogP contribution in [0.1, 0.15) is 16.8 Å². The van der Waals surface area contributed by atoms with Crippen LogP contribution in [0.25, 0.3) is 11.0 Å². The largest absolute Gasteiger partial charge is 0.497 e. The predicted octanol–water partition coefficient (Wildman–Crippen LogP) is 1.68. The van der Waals surface area contributed by atoms with Crippen LogP contribution in [-0.2, 0) is 6.42 Å². The number of ether oxygens (including phenoxy) is 4. The van der Waals surface area contributed by atoms with Crippen molar-refractivity contribution in [2.24, 2.45) is 0 Å². The first-order valence-electron chi connectivity index (χ1n) is 9.84. The third-order valence-corrected chi connectivity index (χ3v) is 5.95. The van der Waals surface area contributed by atoms with E-state index in [0.29, 0.717) is 33.1 Å². The molecule has 4 rings (SSSR count). The van der Waals surface area contributed by atoms with Gasteiger partial charge < -0.3 is 18.9 Å². The van der Waals surface area contributed by atoms with E-state index in [0.717, 1.165) is 21.4 Å². The SMILES string of the molecule is COc1ccc(OC)c(/C=c2/sc3nc(=O)c(Cc4ccc(OC)c(OC)c4)nn3c2=O)c1. The van der Waals surface area contributed by atoms with Gasteiger partial charge >= 0.3 is 0 Å². The Morgan fingerprint density at radius 1 is 0.909 bits per heavy atom. The Balaban J connectivity index is 1.78. The molecule has 0 saturated carbocycles. The summed E-state index contributed by atoms with van der Waals surface area (Å²) in [5, 5.41) is 4.30. The number of nitrogens with zero attached hydrogens (tertiary/aromatic N) is 3. The minimum atomic E-state index is -0.489. The molecule has 0 unspecified atom stereocenters. The van der Waals surface area contributed by atoms with Gasteiger partial charge in [0.2, 0.25) is 4.96 Å². The van der Waals surface area contributed by atoms with Gasteiger partial charge in [0.15, 0.2) is 11.5 Å². The van der Waals surface area contributed by atoms with Crippen LogP contribution < -0.4 is 34.6 Å². The van der Waals surface area contributed by atoms with Crippen molar-refractivity contribution < 1.29 is 18.9 Å². The molecule has 170 valence electrons. The summed E-state index contributed by atoms with van der Waals surface area (Å²) in [7, 11) is 6.19. The van der Waals surface area contributed by atoms with Crippen LogP contribution in [0.5, 0.6) is 23.0 Å². The zero-order valence-electron chi connectivity index (χ0n) is 18.4. The normalized spacial score (nSPS) is 11.6. The van der Waals surface area contributed by atoms with Crippen LogP contribution in [0.15, 0.2) is 46.0 Å². The first kappa shape index (κ1) is 22.3. The van der Waals surface area contributed by atoms with Crippen molar-refractivity contribution in [1.82, 2.24) is 14.6 Å². The van der Waals surface area contributed by atoms with E-state index in [9.17, 15) is 9.59 Å². The molecular formula is C23H21N3O6S. The molecule has 33 heavy (non-hydrogen) atoms. The fraction of sp³-hybridized carbons (Fsp3) is 0.217. The average Bonchev–Trinajstić information content (AvgIpc) is 3.12. The van der Waals surface area contributed by atoms with Crippen LogP contribution in [0.4, 0.5) is 0 Å². The van der Waals surface area contributed by atoms with Crippen LogP contribution in [0.2, 0.25) is 0 Å². The molecule has 0 fully saturated rings. The lowest BCUT2D eigenvalue weighted by molar-refractivity contribution is 0.354. The second kappa shape index (κ2) is 9.29. The summed E-state index contributed by atoms with van der Waals surface area (Å²) in [6, 6.07) is 10.6. The fourth-order valence-corrected chi connectivity index (χ4v) is 4.22. The van der Waals surface area contributed by atoms with Gasteiger partial charge in [0.25, 0.3) is 11.1 Å². The van der Waals surface area contributed by atoms with E-state index in [1.54, 1.807) is 63.8 Å². The quantitative estimate of drug-likeness (QED) is 0.405. The molecule has 0 amide bonds. The number of aromatic nitrogens is 3. The van der Waals surface area contributed by atoms with Crippen molar-refractivity contribution in [3.8, 4) is 23.0 Å². The number of thiazole rings is 1. The lowest BCUT2D eigenvalue weighted by atomic mass is 10.1. The van der Waals surface area contributed by atoms with E-state index in [4.69, 9.17) is 18.9 Å². The first-order chi connectivity index (χ1) is 16.0. The average molecular weight is 468 g/mol. The molecule has 2 aromatic heterocycles. The molecule has 0 spiro atoms. The van der Waals surface area contributed by atoms with Crippen LogP contribution in [0.3, 0.4) is 0 Å². The maximum Gasteiger partial charge on any atom is 0.296 e. The summed E-state index contributed by atoms with van der Waals surface area (Å²) in [6.07, 6.45) is 1.86. The maximum absolute atomic E-state index is 13.0. The molecule has 4 aromatic rings. The Hall–Kier alpha value is -3.92.